The summed E-state index contributed by atoms with van der Waals surface area (Å²) >= 11 is 0. The molecule has 4 aromatic rings. The summed E-state index contributed by atoms with van der Waals surface area (Å²) in [5, 5.41) is 8.68. The zero-order chi connectivity index (χ0) is 25.8. The van der Waals surface area contributed by atoms with E-state index < -0.39 is 0 Å². The van der Waals surface area contributed by atoms with E-state index >= 15 is 0 Å². The summed E-state index contributed by atoms with van der Waals surface area (Å²) in [6, 6.07) is 31.6. The largest absolute Gasteiger partial charge is 0.457 e. The lowest BCUT2D eigenvalue weighted by Crippen LogP contribution is -2.10. The molecule has 0 radical (unpaired) electrons. The first-order chi connectivity index (χ1) is 17.1. The number of rotatable bonds is 6. The lowest BCUT2D eigenvalue weighted by atomic mass is 9.87. The maximum atomic E-state index is 5.96. The van der Waals surface area contributed by atoms with E-state index in [1.165, 1.54) is 11.1 Å². The van der Waals surface area contributed by atoms with Gasteiger partial charge in [0.05, 0.1) is 11.4 Å². The van der Waals surface area contributed by atoms with E-state index in [0.29, 0.717) is 0 Å². The number of ether oxygens (including phenoxy) is 2. The van der Waals surface area contributed by atoms with Crippen LogP contribution in [0.4, 0.5) is 11.4 Å². The van der Waals surface area contributed by atoms with Crippen molar-refractivity contribution in [3.8, 4) is 23.0 Å². The van der Waals surface area contributed by atoms with Gasteiger partial charge in [-0.3, -0.25) is 0 Å². The van der Waals surface area contributed by atoms with Crippen molar-refractivity contribution in [3.63, 3.8) is 0 Å². The van der Waals surface area contributed by atoms with Gasteiger partial charge < -0.3 is 9.47 Å². The summed E-state index contributed by atoms with van der Waals surface area (Å²) < 4.78 is 11.9. The van der Waals surface area contributed by atoms with Gasteiger partial charge in [-0.15, -0.1) is 0 Å². The van der Waals surface area contributed by atoms with Crippen molar-refractivity contribution in [2.75, 3.05) is 0 Å². The first kappa shape index (κ1) is 25.2. The van der Waals surface area contributed by atoms with Crippen LogP contribution in [0.25, 0.3) is 0 Å². The van der Waals surface area contributed by atoms with E-state index in [1.54, 1.807) is 0 Å². The molecular formula is C32H34N2O2. The highest BCUT2D eigenvalue weighted by molar-refractivity contribution is 5.46. The molecule has 184 valence electrons. The number of hydrogen-bond acceptors (Lipinski definition) is 4. The van der Waals surface area contributed by atoms with E-state index in [0.717, 1.165) is 34.4 Å². The summed E-state index contributed by atoms with van der Waals surface area (Å²) in [4.78, 5) is 0. The third-order valence-electron chi connectivity index (χ3n) is 5.87. The van der Waals surface area contributed by atoms with Gasteiger partial charge in [0, 0.05) is 0 Å². The molecule has 0 atom stereocenters. The Hall–Kier alpha value is -3.92. The Morgan fingerprint density at radius 1 is 0.389 bits per heavy atom. The zero-order valence-electron chi connectivity index (χ0n) is 21.9. The van der Waals surface area contributed by atoms with Crippen LogP contribution in [0.1, 0.15) is 52.7 Å². The molecule has 0 saturated carbocycles. The van der Waals surface area contributed by atoms with Crippen LogP contribution in [0.5, 0.6) is 23.0 Å². The minimum atomic E-state index is 0.122. The van der Waals surface area contributed by atoms with Crippen LogP contribution in [0.15, 0.2) is 107 Å². The van der Waals surface area contributed by atoms with Gasteiger partial charge in [-0.1, -0.05) is 65.8 Å². The molecule has 36 heavy (non-hydrogen) atoms. The topological polar surface area (TPSA) is 43.2 Å². The summed E-state index contributed by atoms with van der Waals surface area (Å²) in [6.45, 7) is 13.2. The SMILES string of the molecule is CC(C)(C)c1ccc(Oc2ccc(N=Nc3ccc(Oc4ccc(C(C)(C)C)cc4)cc3)cc2)cc1. The Labute approximate surface area is 214 Å². The van der Waals surface area contributed by atoms with Crippen LogP contribution in [0.3, 0.4) is 0 Å². The average molecular weight is 479 g/mol. The van der Waals surface area contributed by atoms with Crippen molar-refractivity contribution in [1.29, 1.82) is 0 Å². The minimum absolute atomic E-state index is 0.122. The molecule has 0 spiro atoms. The Morgan fingerprint density at radius 3 is 0.889 bits per heavy atom. The molecule has 0 unspecified atom stereocenters. The predicted molar refractivity (Wildman–Crippen MR) is 147 cm³/mol. The van der Waals surface area contributed by atoms with E-state index in [2.05, 4.69) is 76.0 Å². The van der Waals surface area contributed by atoms with Gasteiger partial charge in [0.2, 0.25) is 0 Å². The number of nitrogens with zero attached hydrogens (tertiary/aromatic N) is 2. The van der Waals surface area contributed by atoms with Crippen LogP contribution in [0.2, 0.25) is 0 Å². The molecule has 4 nitrogen and oxygen atoms in total. The fourth-order valence-electron chi connectivity index (χ4n) is 3.60. The Balaban J connectivity index is 1.33. The Kier molecular flexibility index (Phi) is 7.25. The van der Waals surface area contributed by atoms with Gasteiger partial charge in [0.15, 0.2) is 0 Å². The van der Waals surface area contributed by atoms with E-state index in [1.807, 2.05) is 72.8 Å². The molecule has 0 saturated heterocycles. The number of benzene rings is 4. The second kappa shape index (κ2) is 10.4. The first-order valence-corrected chi connectivity index (χ1v) is 12.2. The average Bonchev–Trinajstić information content (AvgIpc) is 2.84. The molecule has 0 aromatic heterocycles. The first-order valence-electron chi connectivity index (χ1n) is 12.2. The second-order valence-electron chi connectivity index (χ2n) is 10.9. The van der Waals surface area contributed by atoms with Crippen LogP contribution >= 0.6 is 0 Å². The Bertz CT molecular complexity index is 1190. The van der Waals surface area contributed by atoms with Crippen molar-refractivity contribution in [2.45, 2.75) is 52.4 Å². The molecular weight excluding hydrogens is 444 g/mol. The molecule has 0 fully saturated rings. The fourth-order valence-corrected chi connectivity index (χ4v) is 3.60. The molecule has 0 bridgehead atoms. The summed E-state index contributed by atoms with van der Waals surface area (Å²) in [6.07, 6.45) is 0. The third-order valence-corrected chi connectivity index (χ3v) is 5.87. The number of hydrogen-bond donors (Lipinski definition) is 0. The molecule has 0 heterocycles. The van der Waals surface area contributed by atoms with Crippen LogP contribution in [-0.2, 0) is 10.8 Å². The molecule has 0 aliphatic heterocycles. The third kappa shape index (κ3) is 6.82. The predicted octanol–water partition coefficient (Wildman–Crippen LogP) is 10.3. The van der Waals surface area contributed by atoms with Crippen molar-refractivity contribution in [1.82, 2.24) is 0 Å². The molecule has 0 N–H and O–H groups in total. The van der Waals surface area contributed by atoms with E-state index in [4.69, 9.17) is 9.47 Å². The fraction of sp³-hybridized carbons (Fsp3) is 0.250. The highest BCUT2D eigenvalue weighted by Gasteiger charge is 2.14. The molecule has 4 heteroatoms. The van der Waals surface area contributed by atoms with Crippen LogP contribution in [0, 0.1) is 0 Å². The van der Waals surface area contributed by atoms with Crippen molar-refractivity contribution >= 4 is 11.4 Å². The van der Waals surface area contributed by atoms with Crippen molar-refractivity contribution in [3.05, 3.63) is 108 Å². The van der Waals surface area contributed by atoms with Crippen molar-refractivity contribution < 1.29 is 9.47 Å². The molecule has 0 aliphatic rings. The quantitative estimate of drug-likeness (QED) is 0.259. The smallest absolute Gasteiger partial charge is 0.127 e. The normalized spacial score (nSPS) is 12.1. The molecule has 4 aromatic carbocycles. The second-order valence-corrected chi connectivity index (χ2v) is 10.9. The molecule has 0 aliphatic carbocycles. The van der Waals surface area contributed by atoms with Crippen LogP contribution < -0.4 is 9.47 Å². The number of azo groups is 1. The van der Waals surface area contributed by atoms with Gasteiger partial charge in [-0.25, -0.2) is 0 Å². The van der Waals surface area contributed by atoms with E-state index in [9.17, 15) is 0 Å². The maximum Gasteiger partial charge on any atom is 0.127 e. The highest BCUT2D eigenvalue weighted by atomic mass is 16.5. The zero-order valence-corrected chi connectivity index (χ0v) is 21.9. The molecule has 4 rings (SSSR count). The van der Waals surface area contributed by atoms with E-state index in [-0.39, 0.29) is 10.8 Å². The lowest BCUT2D eigenvalue weighted by molar-refractivity contribution is 0.481. The molecule has 0 amide bonds. The maximum absolute atomic E-state index is 5.96. The minimum Gasteiger partial charge on any atom is -0.457 e. The van der Waals surface area contributed by atoms with Crippen molar-refractivity contribution in [2.24, 2.45) is 10.2 Å². The summed E-state index contributed by atoms with van der Waals surface area (Å²) in [5.74, 6) is 3.14. The van der Waals surface area contributed by atoms with Gasteiger partial charge in [-0.05, 0) is 94.8 Å². The van der Waals surface area contributed by atoms with Crippen LogP contribution in [-0.4, -0.2) is 0 Å². The lowest BCUT2D eigenvalue weighted by Gasteiger charge is -2.19. The summed E-state index contributed by atoms with van der Waals surface area (Å²) in [5.41, 5.74) is 4.31. The highest BCUT2D eigenvalue weighted by Crippen LogP contribution is 2.30. The van der Waals surface area contributed by atoms with Gasteiger partial charge in [0.1, 0.15) is 23.0 Å². The van der Waals surface area contributed by atoms with Gasteiger partial charge in [0.25, 0.3) is 0 Å². The van der Waals surface area contributed by atoms with Gasteiger partial charge in [-0.2, -0.15) is 10.2 Å². The standard InChI is InChI=1S/C32H34N2O2/c1-31(2,3)23-7-15-27(16-8-23)35-29-19-11-25(12-20-29)33-34-26-13-21-30(22-14-26)36-28-17-9-24(10-18-28)32(4,5)6/h7-22H,1-6H3. The van der Waals surface area contributed by atoms with Gasteiger partial charge >= 0.3 is 0 Å². The Morgan fingerprint density at radius 2 is 0.639 bits per heavy atom. The monoisotopic (exact) mass is 478 g/mol. The summed E-state index contributed by atoms with van der Waals surface area (Å²) in [7, 11) is 0.